The van der Waals surface area contributed by atoms with E-state index >= 15 is 0 Å². The lowest BCUT2D eigenvalue weighted by atomic mass is 10.0. The predicted molar refractivity (Wildman–Crippen MR) is 118 cm³/mol. The monoisotopic (exact) mass is 535 g/mol. The zero-order chi connectivity index (χ0) is 27.9. The van der Waals surface area contributed by atoms with E-state index in [1.54, 1.807) is 20.8 Å². The van der Waals surface area contributed by atoms with Crippen molar-refractivity contribution in [3.63, 3.8) is 0 Å². The average Bonchev–Trinajstić information content (AvgIpc) is 3.20. The summed E-state index contributed by atoms with van der Waals surface area (Å²) in [7, 11) is 0. The van der Waals surface area contributed by atoms with Gasteiger partial charge in [-0.15, -0.1) is 10.2 Å². The molecule has 1 aromatic heterocycles. The third-order valence-electron chi connectivity index (χ3n) is 5.74. The third kappa shape index (κ3) is 6.52. The predicted octanol–water partition coefficient (Wildman–Crippen LogP) is 4.70. The molecule has 1 aromatic carbocycles. The van der Waals surface area contributed by atoms with Gasteiger partial charge in [-0.05, 0) is 52.7 Å². The number of benzene rings is 1. The second-order valence-corrected chi connectivity index (χ2v) is 9.93. The number of hydrogen-bond acceptors (Lipinski definition) is 5. The van der Waals surface area contributed by atoms with Crippen LogP contribution in [0, 0.1) is 17.5 Å². The maximum atomic E-state index is 14.3. The normalized spacial score (nSPS) is 18.8. The first kappa shape index (κ1) is 28.3. The third-order valence-corrected chi connectivity index (χ3v) is 5.74. The molecule has 2 amide bonds. The average molecular weight is 535 g/mol. The van der Waals surface area contributed by atoms with E-state index in [4.69, 9.17) is 4.74 Å². The number of nitrogens with one attached hydrogen (secondary N) is 1. The number of alkyl carbamates (subject to hydrolysis) is 1. The van der Waals surface area contributed by atoms with Crippen molar-refractivity contribution in [2.45, 2.75) is 77.4 Å². The molecule has 204 valence electrons. The van der Waals surface area contributed by atoms with Crippen molar-refractivity contribution in [2.24, 2.45) is 0 Å². The van der Waals surface area contributed by atoms with Crippen LogP contribution in [0.15, 0.2) is 12.1 Å². The Morgan fingerprint density at radius 2 is 1.70 bits per heavy atom. The van der Waals surface area contributed by atoms with Crippen molar-refractivity contribution in [1.82, 2.24) is 25.0 Å². The van der Waals surface area contributed by atoms with E-state index in [0.29, 0.717) is 12.1 Å². The number of alkyl halides is 3. The maximum absolute atomic E-state index is 14.3. The van der Waals surface area contributed by atoms with Crippen LogP contribution in [0.2, 0.25) is 0 Å². The highest BCUT2D eigenvalue weighted by molar-refractivity contribution is 5.78. The first-order valence-corrected chi connectivity index (χ1v) is 11.4. The first-order chi connectivity index (χ1) is 17.0. The number of halogens is 6. The van der Waals surface area contributed by atoms with E-state index in [2.05, 4.69) is 15.5 Å². The summed E-state index contributed by atoms with van der Waals surface area (Å²) in [5.41, 5.74) is -1.19. The first-order valence-electron chi connectivity index (χ1n) is 11.4. The highest BCUT2D eigenvalue weighted by atomic mass is 19.4. The molecule has 8 nitrogen and oxygen atoms in total. The Kier molecular flexibility index (Phi) is 7.80. The molecule has 0 saturated carbocycles. The fourth-order valence-corrected chi connectivity index (χ4v) is 4.16. The van der Waals surface area contributed by atoms with Crippen LogP contribution in [0.5, 0.6) is 0 Å². The molecule has 37 heavy (non-hydrogen) atoms. The Labute approximate surface area is 209 Å². The molecule has 2 heterocycles. The van der Waals surface area contributed by atoms with Gasteiger partial charge in [0.1, 0.15) is 11.4 Å². The van der Waals surface area contributed by atoms with Gasteiger partial charge in [0.25, 0.3) is 0 Å². The molecule has 0 radical (unpaired) electrons. The molecule has 0 spiro atoms. The van der Waals surface area contributed by atoms with E-state index in [1.807, 2.05) is 0 Å². The van der Waals surface area contributed by atoms with E-state index < -0.39 is 71.6 Å². The van der Waals surface area contributed by atoms with Gasteiger partial charge in [-0.1, -0.05) is 0 Å². The molecule has 0 unspecified atom stereocenters. The van der Waals surface area contributed by atoms with Gasteiger partial charge in [0.05, 0.1) is 12.1 Å². The van der Waals surface area contributed by atoms with E-state index in [-0.39, 0.29) is 24.4 Å². The summed E-state index contributed by atoms with van der Waals surface area (Å²) >= 11 is 0. The Bertz CT molecular complexity index is 1180. The second-order valence-electron chi connectivity index (χ2n) is 9.93. The van der Waals surface area contributed by atoms with Crippen molar-refractivity contribution < 1.29 is 40.7 Å². The van der Waals surface area contributed by atoms with Crippen molar-refractivity contribution >= 4 is 12.0 Å². The number of amides is 2. The van der Waals surface area contributed by atoms with Crippen LogP contribution in [0.4, 0.5) is 31.1 Å². The fourth-order valence-electron chi connectivity index (χ4n) is 4.16. The standard InChI is InChI=1S/C23H27F6N5O3/c1-11-10-33(12(2)19-31-32-20(34(11)19)23(27,28)29)18(35)8-14(30-21(36)37-22(3,4)5)6-13-7-16(25)17(26)9-15(13)24/h7,9,11-12,14H,6,8,10H2,1-5H3,(H,30,36)/t11-,12+,14+/m0/s1. The Balaban J connectivity index is 1.85. The summed E-state index contributed by atoms with van der Waals surface area (Å²) in [6.45, 7) is 7.64. The maximum Gasteiger partial charge on any atom is 0.451 e. The van der Waals surface area contributed by atoms with E-state index in [9.17, 15) is 35.9 Å². The van der Waals surface area contributed by atoms with E-state index in [1.165, 1.54) is 18.7 Å². The molecule has 1 N–H and O–H groups in total. The summed E-state index contributed by atoms with van der Waals surface area (Å²) in [6.07, 6.45) is -6.49. The van der Waals surface area contributed by atoms with Crippen molar-refractivity contribution in [1.29, 1.82) is 0 Å². The molecule has 1 aliphatic rings. The molecule has 3 rings (SSSR count). The Morgan fingerprint density at radius 3 is 2.30 bits per heavy atom. The number of ether oxygens (including phenoxy) is 1. The summed E-state index contributed by atoms with van der Waals surface area (Å²) in [5, 5.41) is 9.33. The molecule has 1 aliphatic heterocycles. The zero-order valence-electron chi connectivity index (χ0n) is 20.8. The summed E-state index contributed by atoms with van der Waals surface area (Å²) in [4.78, 5) is 26.9. The smallest absolute Gasteiger partial charge is 0.444 e. The molecular formula is C23H27F6N5O3. The largest absolute Gasteiger partial charge is 0.451 e. The minimum Gasteiger partial charge on any atom is -0.444 e. The molecule has 0 fully saturated rings. The van der Waals surface area contributed by atoms with Crippen LogP contribution in [-0.4, -0.2) is 49.9 Å². The van der Waals surface area contributed by atoms with E-state index in [0.717, 1.165) is 4.57 Å². The van der Waals surface area contributed by atoms with Crippen LogP contribution >= 0.6 is 0 Å². The van der Waals surface area contributed by atoms with Crippen molar-refractivity contribution in [2.75, 3.05) is 6.54 Å². The molecule has 0 aliphatic carbocycles. The molecular weight excluding hydrogens is 508 g/mol. The molecule has 2 aromatic rings. The fraction of sp³-hybridized carbons (Fsp3) is 0.565. The lowest BCUT2D eigenvalue weighted by Crippen LogP contribution is -2.47. The quantitative estimate of drug-likeness (QED) is 0.443. The van der Waals surface area contributed by atoms with Crippen LogP contribution < -0.4 is 5.32 Å². The van der Waals surface area contributed by atoms with Gasteiger partial charge in [-0.2, -0.15) is 13.2 Å². The number of carbonyl (C=O) groups excluding carboxylic acids is 2. The van der Waals surface area contributed by atoms with Crippen molar-refractivity contribution in [3.05, 3.63) is 46.8 Å². The number of rotatable bonds is 5. The van der Waals surface area contributed by atoms with Gasteiger partial charge in [-0.25, -0.2) is 18.0 Å². The number of aromatic nitrogens is 3. The lowest BCUT2D eigenvalue weighted by molar-refractivity contribution is -0.149. The van der Waals surface area contributed by atoms with Gasteiger partial charge in [0.15, 0.2) is 17.5 Å². The van der Waals surface area contributed by atoms with Crippen LogP contribution in [-0.2, 0) is 22.1 Å². The number of fused-ring (bicyclic) bond motifs is 1. The summed E-state index contributed by atoms with van der Waals surface area (Å²) in [6, 6.07) is -1.84. The Hall–Kier alpha value is -3.32. The minimum atomic E-state index is -4.73. The molecule has 14 heteroatoms. The summed E-state index contributed by atoms with van der Waals surface area (Å²) in [5.74, 6) is -5.61. The molecule has 3 atom stereocenters. The topological polar surface area (TPSA) is 89.4 Å². The van der Waals surface area contributed by atoms with Crippen LogP contribution in [0.1, 0.15) is 70.3 Å². The van der Waals surface area contributed by atoms with Gasteiger partial charge in [-0.3, -0.25) is 4.79 Å². The van der Waals surface area contributed by atoms with Gasteiger partial charge >= 0.3 is 12.3 Å². The highest BCUT2D eigenvalue weighted by Gasteiger charge is 2.44. The number of nitrogens with zero attached hydrogens (tertiary/aromatic N) is 4. The summed E-state index contributed by atoms with van der Waals surface area (Å²) < 4.78 is 87.6. The number of hydrogen-bond donors (Lipinski definition) is 1. The van der Waals surface area contributed by atoms with Gasteiger partial charge in [0.2, 0.25) is 11.7 Å². The minimum absolute atomic E-state index is 0.0669. The van der Waals surface area contributed by atoms with Gasteiger partial charge < -0.3 is 19.5 Å². The van der Waals surface area contributed by atoms with Crippen LogP contribution in [0.3, 0.4) is 0 Å². The SMILES string of the molecule is C[C@@H]1c2nnc(C(F)(F)F)n2[C@@H](C)CN1C(=O)C[C@@H](Cc1cc(F)c(F)cc1F)NC(=O)OC(C)(C)C. The molecule has 0 saturated heterocycles. The molecule has 0 bridgehead atoms. The van der Waals surface area contributed by atoms with Gasteiger partial charge in [0, 0.05) is 25.1 Å². The zero-order valence-corrected chi connectivity index (χ0v) is 20.8. The van der Waals surface area contributed by atoms with Crippen LogP contribution in [0.25, 0.3) is 0 Å². The lowest BCUT2D eigenvalue weighted by Gasteiger charge is -2.38. The second kappa shape index (κ2) is 10.2. The number of carbonyl (C=O) groups is 2. The highest BCUT2D eigenvalue weighted by Crippen LogP contribution is 2.36. The van der Waals surface area contributed by atoms with Crippen molar-refractivity contribution in [3.8, 4) is 0 Å². The Morgan fingerprint density at radius 1 is 1.08 bits per heavy atom.